The molecule has 0 bridgehead atoms. The Bertz CT molecular complexity index is 1390. The third-order valence-corrected chi connectivity index (χ3v) is 10.4. The highest BCUT2D eigenvalue weighted by Gasteiger charge is 2.30. The molecular formula is C34H28NPS. The summed E-state index contributed by atoms with van der Waals surface area (Å²) in [6.07, 6.45) is 0. The Morgan fingerprint density at radius 1 is 0.568 bits per heavy atom. The smallest absolute Gasteiger partial charge is 0.0859 e. The van der Waals surface area contributed by atoms with Gasteiger partial charge in [-0.3, -0.25) is 4.99 Å². The van der Waals surface area contributed by atoms with Crippen LogP contribution in [0.15, 0.2) is 151 Å². The maximum Gasteiger partial charge on any atom is 0.0859 e. The first-order chi connectivity index (χ1) is 18.4. The van der Waals surface area contributed by atoms with E-state index in [9.17, 15) is 0 Å². The van der Waals surface area contributed by atoms with Crippen LogP contribution in [0.3, 0.4) is 0 Å². The van der Waals surface area contributed by atoms with Crippen molar-refractivity contribution in [3.63, 3.8) is 0 Å². The van der Waals surface area contributed by atoms with Gasteiger partial charge in [0, 0.05) is 5.75 Å². The monoisotopic (exact) mass is 513 g/mol. The fourth-order valence-electron chi connectivity index (χ4n) is 5.03. The summed E-state index contributed by atoms with van der Waals surface area (Å²) >= 11 is 1.91. The van der Waals surface area contributed by atoms with E-state index in [1.54, 1.807) is 0 Å². The average Bonchev–Trinajstić information content (AvgIpc) is 3.45. The zero-order valence-corrected chi connectivity index (χ0v) is 22.2. The molecule has 1 aliphatic heterocycles. The molecule has 0 saturated carbocycles. The number of rotatable bonds is 7. The Labute approximate surface area is 225 Å². The summed E-state index contributed by atoms with van der Waals surface area (Å²) in [5, 5.41) is 5.36. The fourth-order valence-corrected chi connectivity index (χ4v) is 8.77. The summed E-state index contributed by atoms with van der Waals surface area (Å²) < 4.78 is 0. The van der Waals surface area contributed by atoms with Gasteiger partial charge >= 0.3 is 0 Å². The topological polar surface area (TPSA) is 12.4 Å². The maximum atomic E-state index is 5.43. The first-order valence-electron chi connectivity index (χ1n) is 12.7. The Balaban J connectivity index is 1.43. The predicted octanol–water partition coefficient (Wildman–Crippen LogP) is 7.46. The molecular weight excluding hydrogens is 485 g/mol. The molecule has 5 aromatic rings. The molecule has 1 atom stereocenters. The summed E-state index contributed by atoms with van der Waals surface area (Å²) in [4.78, 5) is 5.43. The van der Waals surface area contributed by atoms with Gasteiger partial charge in [0.2, 0.25) is 0 Å². The number of thioether (sulfide) groups is 1. The lowest BCUT2D eigenvalue weighted by atomic mass is 9.92. The lowest BCUT2D eigenvalue weighted by molar-refractivity contribution is 0.849. The molecule has 0 saturated heterocycles. The molecule has 0 aliphatic carbocycles. The molecule has 0 fully saturated rings. The highest BCUT2D eigenvalue weighted by Crippen LogP contribution is 2.42. The molecule has 6 rings (SSSR count). The molecule has 37 heavy (non-hydrogen) atoms. The van der Waals surface area contributed by atoms with E-state index >= 15 is 0 Å². The second-order valence-electron chi connectivity index (χ2n) is 9.11. The molecule has 0 N–H and O–H groups in total. The van der Waals surface area contributed by atoms with Crippen LogP contribution in [0.1, 0.15) is 28.7 Å². The molecule has 1 nitrogen and oxygen atoms in total. The van der Waals surface area contributed by atoms with Crippen LogP contribution in [0.4, 0.5) is 0 Å². The molecule has 0 spiro atoms. The zero-order chi connectivity index (χ0) is 24.9. The van der Waals surface area contributed by atoms with Crippen LogP contribution in [-0.2, 0) is 0 Å². The second-order valence-corrected chi connectivity index (χ2v) is 12.3. The standard InChI is InChI=1S/C34H28NPS/c1-5-15-26(16-6-1)33(27-17-7-2-8-18-27)34-35-31(25-37-34)30-23-13-14-24-32(30)36(28-19-9-3-10-20-28)29-21-11-4-12-22-29/h1-24,31,33H,25H2/t31-/m1/s1. The van der Waals surface area contributed by atoms with Gasteiger partial charge in [-0.15, -0.1) is 11.8 Å². The van der Waals surface area contributed by atoms with Crippen molar-refractivity contribution in [1.82, 2.24) is 0 Å². The second kappa shape index (κ2) is 11.3. The van der Waals surface area contributed by atoms with Crippen molar-refractivity contribution in [2.24, 2.45) is 4.99 Å². The van der Waals surface area contributed by atoms with Crippen LogP contribution in [0.25, 0.3) is 0 Å². The van der Waals surface area contributed by atoms with E-state index < -0.39 is 7.92 Å². The molecule has 5 aromatic carbocycles. The van der Waals surface area contributed by atoms with E-state index in [4.69, 9.17) is 4.99 Å². The van der Waals surface area contributed by atoms with Crippen LogP contribution >= 0.6 is 19.7 Å². The van der Waals surface area contributed by atoms with Crippen LogP contribution in [0.5, 0.6) is 0 Å². The summed E-state index contributed by atoms with van der Waals surface area (Å²) in [7, 11) is -0.679. The van der Waals surface area contributed by atoms with Crippen molar-refractivity contribution in [2.75, 3.05) is 5.75 Å². The summed E-state index contributed by atoms with van der Waals surface area (Å²) in [5.41, 5.74) is 3.94. The predicted molar refractivity (Wildman–Crippen MR) is 163 cm³/mol. The minimum Gasteiger partial charge on any atom is -0.273 e. The van der Waals surface area contributed by atoms with Crippen molar-refractivity contribution in [1.29, 1.82) is 0 Å². The van der Waals surface area contributed by atoms with Gasteiger partial charge in [0.25, 0.3) is 0 Å². The molecule has 3 heteroatoms. The normalized spacial score (nSPS) is 15.2. The summed E-state index contributed by atoms with van der Waals surface area (Å²) in [6.45, 7) is 0. The van der Waals surface area contributed by atoms with Crippen molar-refractivity contribution >= 4 is 40.6 Å². The van der Waals surface area contributed by atoms with E-state index in [1.165, 1.54) is 37.6 Å². The lowest BCUT2D eigenvalue weighted by Crippen LogP contribution is -2.24. The highest BCUT2D eigenvalue weighted by molar-refractivity contribution is 8.14. The highest BCUT2D eigenvalue weighted by atomic mass is 32.2. The van der Waals surface area contributed by atoms with Gasteiger partial charge < -0.3 is 0 Å². The quantitative estimate of drug-likeness (QED) is 0.206. The third kappa shape index (κ3) is 5.18. The molecule has 0 radical (unpaired) electrons. The zero-order valence-electron chi connectivity index (χ0n) is 20.5. The number of benzene rings is 5. The molecule has 0 aromatic heterocycles. The van der Waals surface area contributed by atoms with Crippen LogP contribution in [0.2, 0.25) is 0 Å². The Morgan fingerprint density at radius 3 is 1.57 bits per heavy atom. The Kier molecular flexibility index (Phi) is 7.30. The summed E-state index contributed by atoms with van der Waals surface area (Å²) in [6, 6.07) is 52.6. The van der Waals surface area contributed by atoms with Gasteiger partial charge in [-0.25, -0.2) is 0 Å². The molecule has 180 valence electrons. The van der Waals surface area contributed by atoms with Gasteiger partial charge in [0.15, 0.2) is 0 Å². The van der Waals surface area contributed by atoms with E-state index in [2.05, 4.69) is 146 Å². The number of nitrogens with zero attached hydrogens (tertiary/aromatic N) is 1. The van der Waals surface area contributed by atoms with Crippen LogP contribution in [0, 0.1) is 0 Å². The largest absolute Gasteiger partial charge is 0.273 e. The number of aliphatic imine (C=N–C) groups is 1. The van der Waals surface area contributed by atoms with Gasteiger partial charge in [-0.1, -0.05) is 146 Å². The minimum absolute atomic E-state index is 0.142. The van der Waals surface area contributed by atoms with E-state index in [0.717, 1.165) is 5.75 Å². The van der Waals surface area contributed by atoms with Crippen LogP contribution < -0.4 is 15.9 Å². The molecule has 0 unspecified atom stereocenters. The fraction of sp³-hybridized carbons (Fsp3) is 0.0882. The maximum absolute atomic E-state index is 5.43. The minimum atomic E-state index is -0.679. The first kappa shape index (κ1) is 23.9. The molecule has 1 aliphatic rings. The van der Waals surface area contributed by atoms with Gasteiger partial charge in [0.05, 0.1) is 17.0 Å². The Morgan fingerprint density at radius 2 is 1.03 bits per heavy atom. The van der Waals surface area contributed by atoms with Gasteiger partial charge in [-0.2, -0.15) is 0 Å². The van der Waals surface area contributed by atoms with Gasteiger partial charge in [-0.05, 0) is 40.5 Å². The number of hydrogen-bond donors (Lipinski definition) is 0. The van der Waals surface area contributed by atoms with Gasteiger partial charge in [0.1, 0.15) is 0 Å². The van der Waals surface area contributed by atoms with Crippen molar-refractivity contribution in [2.45, 2.75) is 12.0 Å². The lowest BCUT2D eigenvalue weighted by Gasteiger charge is -2.23. The molecule has 0 amide bonds. The van der Waals surface area contributed by atoms with E-state index in [0.29, 0.717) is 0 Å². The van der Waals surface area contributed by atoms with Crippen molar-refractivity contribution in [3.8, 4) is 0 Å². The Hall–Kier alpha value is -3.45. The van der Waals surface area contributed by atoms with Crippen molar-refractivity contribution < 1.29 is 0 Å². The SMILES string of the molecule is c1ccc(C(C2=N[C@@H](c3ccccc3P(c3ccccc3)c3ccccc3)CS2)c2ccccc2)cc1. The van der Waals surface area contributed by atoms with E-state index in [1.807, 2.05) is 11.8 Å². The number of hydrogen-bond acceptors (Lipinski definition) is 2. The summed E-state index contributed by atoms with van der Waals surface area (Å²) in [5.74, 6) is 1.13. The van der Waals surface area contributed by atoms with Crippen LogP contribution in [-0.4, -0.2) is 10.8 Å². The average molecular weight is 514 g/mol. The molecule has 1 heterocycles. The van der Waals surface area contributed by atoms with E-state index in [-0.39, 0.29) is 12.0 Å². The first-order valence-corrected chi connectivity index (χ1v) is 15.0. The van der Waals surface area contributed by atoms with Crippen molar-refractivity contribution in [3.05, 3.63) is 162 Å². The third-order valence-electron chi connectivity index (χ3n) is 6.75.